The molecule has 426 valence electrons. The summed E-state index contributed by atoms with van der Waals surface area (Å²) in [5, 5.41) is 30.7. The van der Waals surface area contributed by atoms with Crippen molar-refractivity contribution in [3.63, 3.8) is 0 Å². The van der Waals surface area contributed by atoms with E-state index in [0.29, 0.717) is 5.56 Å². The molecule has 0 aliphatic heterocycles. The molecule has 0 aliphatic rings. The predicted octanol–water partition coefficient (Wildman–Crippen LogP) is 21.5. The molecular weight excluding hydrogens is 1120 g/mol. The summed E-state index contributed by atoms with van der Waals surface area (Å²) in [5.41, 5.74) is 22.4. The Balaban J connectivity index is 0.885. The summed E-state index contributed by atoms with van der Waals surface area (Å²) in [6.45, 7) is 0. The third kappa shape index (κ3) is 8.03. The number of para-hydroxylation sites is 6. The summed E-state index contributed by atoms with van der Waals surface area (Å²) < 4.78 is 9.50. The van der Waals surface area contributed by atoms with Crippen LogP contribution in [0.4, 0.5) is 0 Å². The number of rotatable bonds is 9. The molecule has 5 aromatic heterocycles. The number of nitriles is 2. The highest BCUT2D eigenvalue weighted by Gasteiger charge is 2.31. The first-order valence-corrected chi connectivity index (χ1v) is 31.0. The molecule has 5 heterocycles. The molecule has 7 nitrogen and oxygen atoms in total. The Hall–Kier alpha value is -12.8. The van der Waals surface area contributed by atoms with Gasteiger partial charge in [0.1, 0.15) is 12.1 Å². The number of aromatic nitrogens is 5. The summed E-state index contributed by atoms with van der Waals surface area (Å²) in [7, 11) is 0. The molecule has 0 unspecified atom stereocenters. The first kappa shape index (κ1) is 52.3. The van der Waals surface area contributed by atoms with Crippen molar-refractivity contribution in [2.24, 2.45) is 0 Å². The Morgan fingerprint density at radius 2 is 0.533 bits per heavy atom. The lowest BCUT2D eigenvalue weighted by molar-refractivity contribution is 1.10. The van der Waals surface area contributed by atoms with Crippen LogP contribution in [0.5, 0.6) is 0 Å². The van der Waals surface area contributed by atoms with Gasteiger partial charge in [-0.1, -0.05) is 212 Å². The molecule has 0 atom stereocenters. The van der Waals surface area contributed by atoms with Crippen LogP contribution in [0.2, 0.25) is 0 Å². The summed E-state index contributed by atoms with van der Waals surface area (Å²) in [6.07, 6.45) is 0. The Morgan fingerprint density at radius 1 is 0.228 bits per heavy atom. The van der Waals surface area contributed by atoms with Crippen molar-refractivity contribution in [1.82, 2.24) is 23.3 Å². The molecule has 0 saturated heterocycles. The van der Waals surface area contributed by atoms with Crippen LogP contribution in [0, 0.1) is 22.7 Å². The number of nitrogens with zero attached hydrogens (tertiary/aromatic N) is 7. The highest BCUT2D eigenvalue weighted by Crippen LogP contribution is 2.50. The highest BCUT2D eigenvalue weighted by atomic mass is 15.1. The third-order valence-electron chi connectivity index (χ3n) is 18.7. The molecule has 0 N–H and O–H groups in total. The molecule has 0 amide bonds. The number of hydrogen-bond acceptors (Lipinski definition) is 3. The van der Waals surface area contributed by atoms with E-state index in [1.807, 2.05) is 24.3 Å². The quantitative estimate of drug-likeness (QED) is 0.144. The second-order valence-electron chi connectivity index (χ2n) is 23.6. The standard InChI is InChI=1S/C85H51N7/c86-52-61-36-35-60(49-62(61)53-87)81-84(91-77-33-17-11-27-69(77)71-50-58(41-47-79(71)91)54-37-43-63(44-38-54)89-73-29-13-7-23-65(73)66-24-8-14-30-74(66)89)82(56-19-3-1-4-20-56)88-83(57-21-5-2-6-22-57)85(81)92-78-34-18-12-28-70(78)72-51-59(42-48-80(72)92)55-39-45-64(46-40-55)90-75-31-15-9-25-67(75)68-26-10-16-32-76(68)90/h1-51H. The molecule has 0 radical (unpaired) electrons. The second-order valence-corrected chi connectivity index (χ2v) is 23.6. The zero-order valence-electron chi connectivity index (χ0n) is 49.6. The molecule has 13 aromatic carbocycles. The fourth-order valence-electron chi connectivity index (χ4n) is 14.6. The van der Waals surface area contributed by atoms with Crippen molar-refractivity contribution in [2.45, 2.75) is 0 Å². The molecule has 18 aromatic rings. The smallest absolute Gasteiger partial charge is 0.101 e. The van der Waals surface area contributed by atoms with Gasteiger partial charge in [0.25, 0.3) is 0 Å². The lowest BCUT2D eigenvalue weighted by Crippen LogP contribution is -2.10. The van der Waals surface area contributed by atoms with Crippen LogP contribution in [0.1, 0.15) is 11.1 Å². The predicted molar refractivity (Wildman–Crippen MR) is 378 cm³/mol. The van der Waals surface area contributed by atoms with Crippen molar-refractivity contribution in [3.8, 4) is 90.8 Å². The lowest BCUT2D eigenvalue weighted by atomic mass is 9.92. The zero-order valence-corrected chi connectivity index (χ0v) is 49.6. The van der Waals surface area contributed by atoms with Crippen LogP contribution in [0.15, 0.2) is 309 Å². The van der Waals surface area contributed by atoms with Crippen molar-refractivity contribution < 1.29 is 0 Å². The number of hydrogen-bond donors (Lipinski definition) is 0. The Bertz CT molecular complexity index is 5680. The van der Waals surface area contributed by atoms with E-state index in [9.17, 15) is 10.5 Å². The SMILES string of the molecule is N#Cc1ccc(-c2c(-n3c4ccccc4c4cc(-c5ccc(-n6c7ccccc7c7ccccc76)cc5)ccc43)c(-c3ccccc3)nc(-c3ccccc3)c2-n2c3ccccc3c3cc(-c4ccc(-n5c6ccccc6c6ccccc65)cc4)ccc32)cc1C#N. The minimum atomic E-state index is 0.285. The average Bonchev–Trinajstić information content (AvgIpc) is 1.44. The monoisotopic (exact) mass is 1170 g/mol. The second kappa shape index (κ2) is 20.9. The lowest BCUT2D eigenvalue weighted by Gasteiger charge is -2.26. The van der Waals surface area contributed by atoms with Crippen LogP contribution < -0.4 is 0 Å². The fourth-order valence-corrected chi connectivity index (χ4v) is 14.6. The van der Waals surface area contributed by atoms with Gasteiger partial charge in [-0.05, 0) is 125 Å². The van der Waals surface area contributed by atoms with Gasteiger partial charge in [-0.15, -0.1) is 0 Å². The fraction of sp³-hybridized carbons (Fsp3) is 0. The molecular formula is C85H51N7. The van der Waals surface area contributed by atoms with Gasteiger partial charge in [-0.2, -0.15) is 10.5 Å². The van der Waals surface area contributed by atoms with Crippen molar-refractivity contribution in [1.29, 1.82) is 10.5 Å². The molecule has 0 saturated carbocycles. The highest BCUT2D eigenvalue weighted by molar-refractivity contribution is 6.16. The number of fused-ring (bicyclic) bond motifs is 12. The van der Waals surface area contributed by atoms with Crippen LogP contribution >= 0.6 is 0 Å². The van der Waals surface area contributed by atoms with Gasteiger partial charge in [0.15, 0.2) is 0 Å². The van der Waals surface area contributed by atoms with E-state index in [1.165, 1.54) is 43.6 Å². The third-order valence-corrected chi connectivity index (χ3v) is 18.7. The van der Waals surface area contributed by atoms with Gasteiger partial charge in [-0.3, -0.25) is 0 Å². The minimum Gasteiger partial charge on any atom is -0.309 e. The van der Waals surface area contributed by atoms with Crippen LogP contribution in [0.25, 0.3) is 166 Å². The normalized spacial score (nSPS) is 11.7. The van der Waals surface area contributed by atoms with Crippen molar-refractivity contribution >= 4 is 87.2 Å². The average molecular weight is 1170 g/mol. The van der Waals surface area contributed by atoms with Crippen molar-refractivity contribution in [3.05, 3.63) is 321 Å². The Labute approximate surface area is 529 Å². The van der Waals surface area contributed by atoms with E-state index in [2.05, 4.69) is 309 Å². The summed E-state index contributed by atoms with van der Waals surface area (Å²) in [6, 6.07) is 115. The maximum Gasteiger partial charge on any atom is 0.101 e. The van der Waals surface area contributed by atoms with E-state index >= 15 is 0 Å². The maximum absolute atomic E-state index is 11.0. The largest absolute Gasteiger partial charge is 0.309 e. The first-order valence-electron chi connectivity index (χ1n) is 31.0. The van der Waals surface area contributed by atoms with E-state index in [0.717, 1.165) is 122 Å². The maximum atomic E-state index is 11.0. The van der Waals surface area contributed by atoms with E-state index in [1.54, 1.807) is 6.07 Å². The van der Waals surface area contributed by atoms with E-state index in [4.69, 9.17) is 4.98 Å². The molecule has 0 fully saturated rings. The van der Waals surface area contributed by atoms with Gasteiger partial charge in [0.05, 0.1) is 78.0 Å². The molecule has 0 spiro atoms. The Kier molecular flexibility index (Phi) is 11.9. The van der Waals surface area contributed by atoms with Crippen LogP contribution in [-0.2, 0) is 0 Å². The minimum absolute atomic E-state index is 0.285. The molecule has 0 aliphatic carbocycles. The topological polar surface area (TPSA) is 80.2 Å². The van der Waals surface area contributed by atoms with E-state index < -0.39 is 0 Å². The molecule has 18 rings (SSSR count). The van der Waals surface area contributed by atoms with Gasteiger partial charge in [0.2, 0.25) is 0 Å². The summed E-state index contributed by atoms with van der Waals surface area (Å²) in [5.74, 6) is 0. The summed E-state index contributed by atoms with van der Waals surface area (Å²) >= 11 is 0. The van der Waals surface area contributed by atoms with Gasteiger partial charge in [0, 0.05) is 71.2 Å². The van der Waals surface area contributed by atoms with Crippen molar-refractivity contribution in [2.75, 3.05) is 0 Å². The van der Waals surface area contributed by atoms with Gasteiger partial charge >= 0.3 is 0 Å². The molecule has 0 bridgehead atoms. The molecule has 92 heavy (non-hydrogen) atoms. The van der Waals surface area contributed by atoms with E-state index in [-0.39, 0.29) is 5.56 Å². The summed E-state index contributed by atoms with van der Waals surface area (Å²) in [4.78, 5) is 6.02. The van der Waals surface area contributed by atoms with Crippen LogP contribution in [-0.4, -0.2) is 23.3 Å². The number of pyridine rings is 1. The number of benzene rings is 13. The van der Waals surface area contributed by atoms with Gasteiger partial charge in [-0.25, -0.2) is 4.98 Å². The zero-order chi connectivity index (χ0) is 61.0. The molecule has 7 heteroatoms. The Morgan fingerprint density at radius 3 is 0.902 bits per heavy atom. The first-order chi connectivity index (χ1) is 45.6. The van der Waals surface area contributed by atoms with Gasteiger partial charge < -0.3 is 18.3 Å². The van der Waals surface area contributed by atoms with Crippen LogP contribution in [0.3, 0.4) is 0 Å².